The summed E-state index contributed by atoms with van der Waals surface area (Å²) in [5, 5.41) is 8.17. The molecule has 4 rings (SSSR count). The van der Waals surface area contributed by atoms with Crippen molar-refractivity contribution in [2.24, 2.45) is 7.05 Å². The van der Waals surface area contributed by atoms with Gasteiger partial charge in [0.05, 0.1) is 0 Å². The summed E-state index contributed by atoms with van der Waals surface area (Å²) in [6, 6.07) is 1.80. The second kappa shape index (κ2) is 8.88. The summed E-state index contributed by atoms with van der Waals surface area (Å²) in [5.41, 5.74) is 0.515. The van der Waals surface area contributed by atoms with Crippen molar-refractivity contribution in [2.75, 3.05) is 0 Å². The molecular formula is C19H23ClN8O3. The first kappa shape index (κ1) is 21.0. The van der Waals surface area contributed by atoms with E-state index in [9.17, 15) is 9.59 Å². The Kier molecular flexibility index (Phi) is 6.03. The van der Waals surface area contributed by atoms with Crippen molar-refractivity contribution in [3.63, 3.8) is 0 Å². The van der Waals surface area contributed by atoms with Gasteiger partial charge in [0.1, 0.15) is 5.69 Å². The Morgan fingerprint density at radius 1 is 1.13 bits per heavy atom. The van der Waals surface area contributed by atoms with E-state index in [1.54, 1.807) is 24.0 Å². The van der Waals surface area contributed by atoms with Crippen LogP contribution in [0.2, 0.25) is 5.28 Å². The van der Waals surface area contributed by atoms with Crippen molar-refractivity contribution >= 4 is 22.8 Å². The van der Waals surface area contributed by atoms with Crippen molar-refractivity contribution in [3.05, 3.63) is 44.2 Å². The molecule has 0 atom stereocenters. The molecule has 164 valence electrons. The molecule has 0 amide bonds. The molecule has 0 aliphatic carbocycles. The Morgan fingerprint density at radius 3 is 2.68 bits per heavy atom. The molecular weight excluding hydrogens is 424 g/mol. The molecule has 1 N–H and O–H groups in total. The minimum atomic E-state index is -0.412. The maximum Gasteiger partial charge on any atom is 0.332 e. The highest BCUT2D eigenvalue weighted by Crippen LogP contribution is 2.16. The van der Waals surface area contributed by atoms with Crippen LogP contribution in [-0.2, 0) is 26.6 Å². The van der Waals surface area contributed by atoms with Gasteiger partial charge in [0.25, 0.3) is 11.4 Å². The number of fused-ring (bicyclic) bond motifs is 1. The number of imidazole rings is 1. The zero-order chi connectivity index (χ0) is 22.0. The van der Waals surface area contributed by atoms with E-state index in [0.29, 0.717) is 43.2 Å². The summed E-state index contributed by atoms with van der Waals surface area (Å²) in [5.74, 6) is 0.978. The monoisotopic (exact) mass is 446 g/mol. The Hall–Kier alpha value is -3.21. The summed E-state index contributed by atoms with van der Waals surface area (Å²) in [6.07, 6.45) is 5.23. The molecule has 0 saturated carbocycles. The molecule has 0 bridgehead atoms. The smallest absolute Gasteiger partial charge is 0.332 e. The van der Waals surface area contributed by atoms with E-state index in [0.717, 1.165) is 18.5 Å². The molecule has 4 heterocycles. The summed E-state index contributed by atoms with van der Waals surface area (Å²) in [7, 11) is 1.80. The zero-order valence-corrected chi connectivity index (χ0v) is 18.1. The molecule has 0 aliphatic heterocycles. The molecule has 0 aliphatic rings. The predicted molar refractivity (Wildman–Crippen MR) is 114 cm³/mol. The minimum Gasteiger partial charge on any atom is -0.332 e. The van der Waals surface area contributed by atoms with Crippen molar-refractivity contribution in [1.82, 2.24) is 39.0 Å². The Balaban J connectivity index is 1.47. The van der Waals surface area contributed by atoms with Gasteiger partial charge in [-0.3, -0.25) is 18.6 Å². The number of hydrogen-bond donors (Lipinski definition) is 1. The lowest BCUT2D eigenvalue weighted by Crippen LogP contribution is -2.40. The summed E-state index contributed by atoms with van der Waals surface area (Å²) >= 11 is 5.95. The number of nitrogens with one attached hydrogen (secondary N) is 1. The van der Waals surface area contributed by atoms with Crippen LogP contribution >= 0.6 is 11.6 Å². The van der Waals surface area contributed by atoms with Gasteiger partial charge in [-0.15, -0.1) is 0 Å². The van der Waals surface area contributed by atoms with Gasteiger partial charge in [-0.1, -0.05) is 18.5 Å². The lowest BCUT2D eigenvalue weighted by atomic mass is 10.2. The molecule has 0 aromatic carbocycles. The van der Waals surface area contributed by atoms with Gasteiger partial charge in [-0.25, -0.2) is 4.79 Å². The van der Waals surface area contributed by atoms with Gasteiger partial charge in [0.2, 0.25) is 5.28 Å². The number of halogens is 1. The van der Waals surface area contributed by atoms with Crippen molar-refractivity contribution in [3.8, 4) is 11.6 Å². The first-order valence-electron chi connectivity index (χ1n) is 10.2. The first-order valence-corrected chi connectivity index (χ1v) is 10.6. The van der Waals surface area contributed by atoms with E-state index in [1.807, 2.05) is 6.92 Å². The molecule has 4 aromatic rings. The molecule has 11 nitrogen and oxygen atoms in total. The SMILES string of the molecule is CCCCn1c(=O)n(CCCCc2noc(-c3ccnn3C)n2)c(=O)c2[nH]c(Cl)nc21. The zero-order valence-electron chi connectivity index (χ0n) is 17.3. The largest absolute Gasteiger partial charge is 0.332 e. The number of unbranched alkanes of at least 4 members (excludes halogenated alkanes) is 2. The van der Waals surface area contributed by atoms with Crippen molar-refractivity contribution in [1.29, 1.82) is 0 Å². The third-order valence-corrected chi connectivity index (χ3v) is 5.29. The van der Waals surface area contributed by atoms with Gasteiger partial charge in [-0.2, -0.15) is 15.1 Å². The highest BCUT2D eigenvalue weighted by molar-refractivity contribution is 6.28. The van der Waals surface area contributed by atoms with Crippen LogP contribution in [-0.4, -0.2) is 39.0 Å². The van der Waals surface area contributed by atoms with Crippen LogP contribution in [0.3, 0.4) is 0 Å². The van der Waals surface area contributed by atoms with E-state index >= 15 is 0 Å². The fraction of sp³-hybridized carbons (Fsp3) is 0.474. The molecule has 0 unspecified atom stereocenters. The van der Waals surface area contributed by atoms with Crippen LogP contribution in [0.15, 0.2) is 26.4 Å². The van der Waals surface area contributed by atoms with Crippen LogP contribution in [0.1, 0.15) is 38.4 Å². The maximum atomic E-state index is 12.9. The lowest BCUT2D eigenvalue weighted by Gasteiger charge is -2.10. The number of aryl methyl sites for hydroxylation is 3. The average molecular weight is 447 g/mol. The fourth-order valence-electron chi connectivity index (χ4n) is 3.45. The molecule has 0 spiro atoms. The van der Waals surface area contributed by atoms with Crippen LogP contribution in [0.4, 0.5) is 0 Å². The topological polar surface area (TPSA) is 129 Å². The molecule has 0 saturated heterocycles. The normalized spacial score (nSPS) is 11.6. The predicted octanol–water partition coefficient (Wildman–Crippen LogP) is 2.15. The quantitative estimate of drug-likeness (QED) is 0.308. The van der Waals surface area contributed by atoms with Gasteiger partial charge in [-0.05, 0) is 36.9 Å². The van der Waals surface area contributed by atoms with Gasteiger partial charge >= 0.3 is 5.69 Å². The third kappa shape index (κ3) is 4.18. The van der Waals surface area contributed by atoms with Crippen LogP contribution in [0, 0.1) is 0 Å². The molecule has 12 heteroatoms. The first-order chi connectivity index (χ1) is 15.0. The maximum absolute atomic E-state index is 12.9. The summed E-state index contributed by atoms with van der Waals surface area (Å²) < 4.78 is 9.71. The Morgan fingerprint density at radius 2 is 1.94 bits per heavy atom. The van der Waals surface area contributed by atoms with E-state index in [1.165, 1.54) is 9.13 Å². The number of aromatic nitrogens is 8. The number of nitrogens with zero attached hydrogens (tertiary/aromatic N) is 7. The minimum absolute atomic E-state index is 0.0934. The standard InChI is InChI=1S/C19H23ClN8O3/c1-3-4-10-27-15-14(23-18(20)24-15)17(29)28(19(27)30)11-6-5-7-13-22-16(31-25-13)12-8-9-21-26(12)2/h8-9H,3-7,10-11H2,1-2H3,(H,23,24). The van der Waals surface area contributed by atoms with Crippen LogP contribution in [0.5, 0.6) is 0 Å². The molecule has 0 fully saturated rings. The van der Waals surface area contributed by atoms with Crippen molar-refractivity contribution in [2.45, 2.75) is 52.1 Å². The van der Waals surface area contributed by atoms with Crippen LogP contribution < -0.4 is 11.2 Å². The number of aromatic amines is 1. The number of H-pyrrole nitrogens is 1. The van der Waals surface area contributed by atoms with Gasteiger partial charge in [0.15, 0.2) is 17.0 Å². The molecule has 0 radical (unpaired) electrons. The highest BCUT2D eigenvalue weighted by Gasteiger charge is 2.17. The average Bonchev–Trinajstić information content (AvgIpc) is 3.47. The summed E-state index contributed by atoms with van der Waals surface area (Å²) in [6.45, 7) is 2.79. The van der Waals surface area contributed by atoms with E-state index < -0.39 is 5.56 Å². The summed E-state index contributed by atoms with van der Waals surface area (Å²) in [4.78, 5) is 37.0. The molecule has 4 aromatic heterocycles. The van der Waals surface area contributed by atoms with E-state index in [4.69, 9.17) is 16.1 Å². The van der Waals surface area contributed by atoms with Crippen molar-refractivity contribution < 1.29 is 4.52 Å². The number of hydrogen-bond acceptors (Lipinski definition) is 7. The lowest BCUT2D eigenvalue weighted by molar-refractivity contribution is 0.417. The highest BCUT2D eigenvalue weighted by atomic mass is 35.5. The molecule has 31 heavy (non-hydrogen) atoms. The Bertz CT molecular complexity index is 1310. The van der Waals surface area contributed by atoms with E-state index in [2.05, 4.69) is 25.2 Å². The number of rotatable bonds is 9. The van der Waals surface area contributed by atoms with Gasteiger partial charge < -0.3 is 9.51 Å². The van der Waals surface area contributed by atoms with E-state index in [-0.39, 0.29) is 23.0 Å². The van der Waals surface area contributed by atoms with Crippen LogP contribution in [0.25, 0.3) is 22.7 Å². The second-order valence-electron chi connectivity index (χ2n) is 7.28. The fourth-order valence-corrected chi connectivity index (χ4v) is 3.62. The Labute approximate surface area is 181 Å². The second-order valence-corrected chi connectivity index (χ2v) is 7.64. The van der Waals surface area contributed by atoms with Gasteiger partial charge in [0, 0.05) is 32.8 Å². The third-order valence-electron chi connectivity index (χ3n) is 5.11.